The summed E-state index contributed by atoms with van der Waals surface area (Å²) in [6, 6.07) is 3.39. The standard InChI is InChI=1S/C12H11F2N3/c13-8-3-7(4-9(14)5-8)10-11(6-1-2-6)16-17-12(10)15/h3-6H,1-2H2,(H3,15,16,17). The summed E-state index contributed by atoms with van der Waals surface area (Å²) in [4.78, 5) is 0. The number of benzene rings is 1. The largest absolute Gasteiger partial charge is 0.382 e. The molecule has 0 bridgehead atoms. The molecule has 3 N–H and O–H groups in total. The normalized spacial score (nSPS) is 15.2. The number of nitrogens with one attached hydrogen (secondary N) is 1. The van der Waals surface area contributed by atoms with Gasteiger partial charge in [0.05, 0.1) is 0 Å². The molecule has 0 saturated heterocycles. The molecule has 1 saturated carbocycles. The number of aromatic nitrogens is 2. The van der Waals surface area contributed by atoms with Gasteiger partial charge < -0.3 is 5.73 Å². The fourth-order valence-corrected chi connectivity index (χ4v) is 2.04. The summed E-state index contributed by atoms with van der Waals surface area (Å²) < 4.78 is 26.4. The van der Waals surface area contributed by atoms with Crippen LogP contribution in [-0.2, 0) is 0 Å². The molecule has 1 aromatic heterocycles. The molecular formula is C12H11F2N3. The topological polar surface area (TPSA) is 54.7 Å². The molecule has 2 aromatic rings. The van der Waals surface area contributed by atoms with E-state index in [4.69, 9.17) is 5.73 Å². The summed E-state index contributed by atoms with van der Waals surface area (Å²) in [6.45, 7) is 0. The van der Waals surface area contributed by atoms with Crippen molar-refractivity contribution in [1.82, 2.24) is 10.2 Å². The maximum absolute atomic E-state index is 13.2. The smallest absolute Gasteiger partial charge is 0.153 e. The second-order valence-corrected chi connectivity index (χ2v) is 4.33. The van der Waals surface area contributed by atoms with Gasteiger partial charge in [-0.05, 0) is 30.5 Å². The number of rotatable bonds is 2. The molecule has 1 aliphatic carbocycles. The van der Waals surface area contributed by atoms with Crippen molar-refractivity contribution >= 4 is 5.82 Å². The van der Waals surface area contributed by atoms with E-state index in [1.165, 1.54) is 12.1 Å². The minimum atomic E-state index is -0.609. The first-order valence-corrected chi connectivity index (χ1v) is 5.45. The molecule has 0 spiro atoms. The molecule has 0 amide bonds. The summed E-state index contributed by atoms with van der Waals surface area (Å²) in [5, 5.41) is 6.77. The van der Waals surface area contributed by atoms with E-state index in [0.717, 1.165) is 24.6 Å². The Hall–Kier alpha value is -1.91. The summed E-state index contributed by atoms with van der Waals surface area (Å²) in [6.07, 6.45) is 2.12. The Balaban J connectivity index is 2.16. The van der Waals surface area contributed by atoms with Crippen molar-refractivity contribution in [3.8, 4) is 11.1 Å². The first-order valence-electron chi connectivity index (χ1n) is 5.45. The lowest BCUT2D eigenvalue weighted by molar-refractivity contribution is 0.584. The van der Waals surface area contributed by atoms with Crippen LogP contribution in [0.5, 0.6) is 0 Å². The van der Waals surface area contributed by atoms with Gasteiger partial charge in [-0.25, -0.2) is 8.78 Å². The highest BCUT2D eigenvalue weighted by molar-refractivity contribution is 5.77. The summed E-state index contributed by atoms with van der Waals surface area (Å²) in [5.41, 5.74) is 7.70. The van der Waals surface area contributed by atoms with Crippen LogP contribution >= 0.6 is 0 Å². The molecule has 1 heterocycles. The average molecular weight is 235 g/mol. The van der Waals surface area contributed by atoms with Crippen LogP contribution < -0.4 is 5.73 Å². The quantitative estimate of drug-likeness (QED) is 0.840. The van der Waals surface area contributed by atoms with Gasteiger partial charge in [-0.3, -0.25) is 5.10 Å². The Morgan fingerprint density at radius 2 is 1.82 bits per heavy atom. The van der Waals surface area contributed by atoms with Gasteiger partial charge in [0.2, 0.25) is 0 Å². The molecule has 3 nitrogen and oxygen atoms in total. The third kappa shape index (κ3) is 1.77. The molecule has 0 unspecified atom stereocenters. The molecule has 3 rings (SSSR count). The molecule has 0 aliphatic heterocycles. The lowest BCUT2D eigenvalue weighted by atomic mass is 10.0. The van der Waals surface area contributed by atoms with Crippen molar-refractivity contribution in [3.05, 3.63) is 35.5 Å². The third-order valence-corrected chi connectivity index (χ3v) is 2.96. The fraction of sp³-hybridized carbons (Fsp3) is 0.250. The van der Waals surface area contributed by atoms with Crippen LogP contribution in [0, 0.1) is 11.6 Å². The second kappa shape index (κ2) is 3.55. The highest BCUT2D eigenvalue weighted by atomic mass is 19.1. The number of nitrogens with two attached hydrogens (primary N) is 1. The number of anilines is 1. The zero-order valence-electron chi connectivity index (χ0n) is 9.00. The van der Waals surface area contributed by atoms with Gasteiger partial charge >= 0.3 is 0 Å². The number of hydrogen-bond donors (Lipinski definition) is 2. The number of H-pyrrole nitrogens is 1. The van der Waals surface area contributed by atoms with Crippen molar-refractivity contribution in [3.63, 3.8) is 0 Å². The SMILES string of the molecule is Nc1n[nH]c(C2CC2)c1-c1cc(F)cc(F)c1. The number of halogens is 2. The van der Waals surface area contributed by atoms with Gasteiger partial charge in [-0.15, -0.1) is 0 Å². The summed E-state index contributed by atoms with van der Waals surface area (Å²) >= 11 is 0. The van der Waals surface area contributed by atoms with E-state index < -0.39 is 11.6 Å². The monoisotopic (exact) mass is 235 g/mol. The molecule has 1 fully saturated rings. The van der Waals surface area contributed by atoms with Gasteiger partial charge in [0, 0.05) is 23.2 Å². The molecule has 1 aromatic carbocycles. The Morgan fingerprint density at radius 1 is 1.18 bits per heavy atom. The molecule has 5 heteroatoms. The summed E-state index contributed by atoms with van der Waals surface area (Å²) in [7, 11) is 0. The molecule has 88 valence electrons. The van der Waals surface area contributed by atoms with E-state index in [0.29, 0.717) is 17.0 Å². The van der Waals surface area contributed by atoms with Crippen LogP contribution in [0.4, 0.5) is 14.6 Å². The van der Waals surface area contributed by atoms with Gasteiger partial charge in [-0.1, -0.05) is 0 Å². The summed E-state index contributed by atoms with van der Waals surface area (Å²) in [5.74, 6) is -0.539. The van der Waals surface area contributed by atoms with E-state index >= 15 is 0 Å². The highest BCUT2D eigenvalue weighted by Gasteiger charge is 2.30. The number of aromatic amines is 1. The Kier molecular flexibility index (Phi) is 2.14. The van der Waals surface area contributed by atoms with Gasteiger partial charge in [-0.2, -0.15) is 5.10 Å². The van der Waals surface area contributed by atoms with Crippen molar-refractivity contribution in [1.29, 1.82) is 0 Å². The fourth-order valence-electron chi connectivity index (χ4n) is 2.04. The van der Waals surface area contributed by atoms with E-state index in [2.05, 4.69) is 10.2 Å². The first-order chi connectivity index (χ1) is 8.15. The van der Waals surface area contributed by atoms with Crippen LogP contribution in [-0.4, -0.2) is 10.2 Å². The maximum atomic E-state index is 13.2. The Labute approximate surface area is 96.6 Å². The molecule has 17 heavy (non-hydrogen) atoms. The van der Waals surface area contributed by atoms with Crippen LogP contribution in [0.2, 0.25) is 0 Å². The zero-order valence-corrected chi connectivity index (χ0v) is 9.00. The lowest BCUT2D eigenvalue weighted by Gasteiger charge is -2.04. The first kappa shape index (κ1) is 10.3. The number of hydrogen-bond acceptors (Lipinski definition) is 2. The van der Waals surface area contributed by atoms with Crippen LogP contribution in [0.25, 0.3) is 11.1 Å². The highest BCUT2D eigenvalue weighted by Crippen LogP contribution is 2.45. The minimum Gasteiger partial charge on any atom is -0.382 e. The van der Waals surface area contributed by atoms with Crippen LogP contribution in [0.3, 0.4) is 0 Å². The van der Waals surface area contributed by atoms with Crippen LogP contribution in [0.1, 0.15) is 24.5 Å². The van der Waals surface area contributed by atoms with Gasteiger partial charge in [0.15, 0.2) is 5.82 Å². The number of nitrogens with zero attached hydrogens (tertiary/aromatic N) is 1. The van der Waals surface area contributed by atoms with E-state index in [1.807, 2.05) is 0 Å². The van der Waals surface area contributed by atoms with Crippen LogP contribution in [0.15, 0.2) is 18.2 Å². The molecule has 1 aliphatic rings. The van der Waals surface area contributed by atoms with E-state index in [9.17, 15) is 8.78 Å². The average Bonchev–Trinajstić information content (AvgIpc) is 3.01. The lowest BCUT2D eigenvalue weighted by Crippen LogP contribution is -1.91. The van der Waals surface area contributed by atoms with Crippen molar-refractivity contribution < 1.29 is 8.78 Å². The Morgan fingerprint density at radius 3 is 2.41 bits per heavy atom. The second-order valence-electron chi connectivity index (χ2n) is 4.33. The van der Waals surface area contributed by atoms with Gasteiger partial charge in [0.1, 0.15) is 11.6 Å². The van der Waals surface area contributed by atoms with E-state index in [1.54, 1.807) is 0 Å². The molecular weight excluding hydrogens is 224 g/mol. The van der Waals surface area contributed by atoms with Crippen molar-refractivity contribution in [2.45, 2.75) is 18.8 Å². The molecule has 0 radical (unpaired) electrons. The minimum absolute atomic E-state index is 0.289. The Bertz CT molecular complexity index is 553. The van der Waals surface area contributed by atoms with Gasteiger partial charge in [0.25, 0.3) is 0 Å². The predicted molar refractivity (Wildman–Crippen MR) is 60.3 cm³/mol. The van der Waals surface area contributed by atoms with E-state index in [-0.39, 0.29) is 5.82 Å². The van der Waals surface area contributed by atoms with Crippen molar-refractivity contribution in [2.75, 3.05) is 5.73 Å². The zero-order chi connectivity index (χ0) is 12.0. The predicted octanol–water partition coefficient (Wildman–Crippen LogP) is 2.81. The van der Waals surface area contributed by atoms with Crippen molar-refractivity contribution in [2.24, 2.45) is 0 Å². The maximum Gasteiger partial charge on any atom is 0.153 e. The third-order valence-electron chi connectivity index (χ3n) is 2.96. The number of nitrogen functional groups attached to an aromatic ring is 1. The molecule has 0 atom stereocenters.